The second-order valence-corrected chi connectivity index (χ2v) is 6.02. The van der Waals surface area contributed by atoms with E-state index in [0.29, 0.717) is 11.1 Å². The fourth-order valence-corrected chi connectivity index (χ4v) is 2.89. The van der Waals surface area contributed by atoms with E-state index in [1.807, 2.05) is 13.8 Å². The molecule has 3 rings (SSSR count). The van der Waals surface area contributed by atoms with Crippen molar-refractivity contribution in [2.24, 2.45) is 0 Å². The average molecular weight is 340 g/mol. The number of carboxylic acids is 1. The van der Waals surface area contributed by atoms with E-state index in [1.54, 1.807) is 32.0 Å². The zero-order valence-corrected chi connectivity index (χ0v) is 14.3. The molecule has 0 atom stereocenters. The molecule has 0 spiro atoms. The lowest BCUT2D eigenvalue weighted by Crippen LogP contribution is -2.03. The molecule has 25 heavy (non-hydrogen) atoms. The van der Waals surface area contributed by atoms with Gasteiger partial charge in [-0.05, 0) is 62.1 Å². The highest BCUT2D eigenvalue weighted by atomic mass is 19.1. The number of aromatic nitrogens is 2. The van der Waals surface area contributed by atoms with Crippen LogP contribution < -0.4 is 0 Å². The number of rotatable bonds is 3. The predicted octanol–water partition coefficient (Wildman–Crippen LogP) is 4.47. The Labute approximate surface area is 144 Å². The Balaban J connectivity index is 2.18. The molecule has 0 fully saturated rings. The third-order valence-corrected chi connectivity index (χ3v) is 4.45. The van der Waals surface area contributed by atoms with Crippen molar-refractivity contribution in [3.8, 4) is 22.8 Å². The Kier molecular flexibility index (Phi) is 4.12. The molecule has 3 aromatic rings. The van der Waals surface area contributed by atoms with E-state index in [4.69, 9.17) is 4.52 Å². The highest BCUT2D eigenvalue weighted by Crippen LogP contribution is 2.32. The van der Waals surface area contributed by atoms with Crippen molar-refractivity contribution < 1.29 is 18.8 Å². The van der Waals surface area contributed by atoms with Gasteiger partial charge in [0.05, 0.1) is 11.1 Å². The van der Waals surface area contributed by atoms with Crippen LogP contribution in [0.1, 0.15) is 32.6 Å². The Morgan fingerprint density at radius 3 is 2.36 bits per heavy atom. The van der Waals surface area contributed by atoms with Crippen LogP contribution in [0.2, 0.25) is 0 Å². The Hall–Kier alpha value is -3.02. The summed E-state index contributed by atoms with van der Waals surface area (Å²) in [5, 5.41) is 13.3. The molecule has 0 aliphatic heterocycles. The number of carboxylic acid groups (broad SMARTS) is 1. The van der Waals surface area contributed by atoms with E-state index < -0.39 is 11.8 Å². The molecule has 1 N–H and O–H groups in total. The van der Waals surface area contributed by atoms with Crippen LogP contribution >= 0.6 is 0 Å². The molecule has 0 saturated carbocycles. The molecule has 1 aromatic heterocycles. The fraction of sp³-hybridized carbons (Fsp3) is 0.211. The smallest absolute Gasteiger partial charge is 0.335 e. The second-order valence-electron chi connectivity index (χ2n) is 6.02. The van der Waals surface area contributed by atoms with E-state index >= 15 is 0 Å². The molecule has 2 aromatic carbocycles. The molecule has 6 heteroatoms. The molecule has 0 saturated heterocycles. The van der Waals surface area contributed by atoms with Gasteiger partial charge in [0.15, 0.2) is 0 Å². The van der Waals surface area contributed by atoms with Crippen molar-refractivity contribution >= 4 is 5.97 Å². The number of aryl methyl sites for hydroxylation is 2. The molecule has 5 nitrogen and oxygen atoms in total. The summed E-state index contributed by atoms with van der Waals surface area (Å²) in [6.45, 7) is 7.20. The van der Waals surface area contributed by atoms with Gasteiger partial charge in [0.2, 0.25) is 5.82 Å². The number of aromatic carboxylic acids is 1. The van der Waals surface area contributed by atoms with Gasteiger partial charge in [-0.3, -0.25) is 0 Å². The SMILES string of the molecule is Cc1ccc(F)c(-c2nc(-c3c(C)ccc(C(=O)O)c3C)no2)c1C. The third kappa shape index (κ3) is 2.80. The summed E-state index contributed by atoms with van der Waals surface area (Å²) in [5.74, 6) is -1.14. The number of hydrogen-bond donors (Lipinski definition) is 1. The fourth-order valence-electron chi connectivity index (χ4n) is 2.89. The van der Waals surface area contributed by atoms with Crippen LogP contribution in [-0.4, -0.2) is 21.2 Å². The zero-order chi connectivity index (χ0) is 18.3. The topological polar surface area (TPSA) is 76.2 Å². The number of hydrogen-bond acceptors (Lipinski definition) is 4. The van der Waals surface area contributed by atoms with Gasteiger partial charge in [-0.15, -0.1) is 0 Å². The Morgan fingerprint density at radius 1 is 1.00 bits per heavy atom. The molecule has 0 bridgehead atoms. The summed E-state index contributed by atoms with van der Waals surface area (Å²) in [6, 6.07) is 6.29. The van der Waals surface area contributed by atoms with E-state index in [9.17, 15) is 14.3 Å². The van der Waals surface area contributed by atoms with Crippen LogP contribution in [0.4, 0.5) is 4.39 Å². The molecular formula is C19H17FN2O3. The van der Waals surface area contributed by atoms with Crippen LogP contribution in [0.5, 0.6) is 0 Å². The van der Waals surface area contributed by atoms with Crippen molar-refractivity contribution in [3.05, 3.63) is 57.9 Å². The van der Waals surface area contributed by atoms with Gasteiger partial charge in [0, 0.05) is 5.56 Å². The maximum atomic E-state index is 14.3. The summed E-state index contributed by atoms with van der Waals surface area (Å²) in [6.07, 6.45) is 0. The largest absolute Gasteiger partial charge is 0.478 e. The van der Waals surface area contributed by atoms with Crippen LogP contribution in [0.25, 0.3) is 22.8 Å². The Bertz CT molecular complexity index is 993. The zero-order valence-electron chi connectivity index (χ0n) is 14.3. The minimum Gasteiger partial charge on any atom is -0.478 e. The van der Waals surface area contributed by atoms with Gasteiger partial charge in [0.1, 0.15) is 5.82 Å². The van der Waals surface area contributed by atoms with Crippen molar-refractivity contribution in [2.75, 3.05) is 0 Å². The van der Waals surface area contributed by atoms with Gasteiger partial charge in [-0.25, -0.2) is 9.18 Å². The Morgan fingerprint density at radius 2 is 1.68 bits per heavy atom. The monoisotopic (exact) mass is 340 g/mol. The maximum absolute atomic E-state index is 14.3. The molecule has 128 valence electrons. The van der Waals surface area contributed by atoms with Gasteiger partial charge in [-0.1, -0.05) is 17.3 Å². The third-order valence-electron chi connectivity index (χ3n) is 4.45. The molecule has 0 unspecified atom stereocenters. The molecule has 0 aliphatic rings. The number of halogens is 1. The lowest BCUT2D eigenvalue weighted by Gasteiger charge is -2.08. The van der Waals surface area contributed by atoms with E-state index in [1.165, 1.54) is 6.07 Å². The molecule has 1 heterocycles. The minimum atomic E-state index is -1.02. The first kappa shape index (κ1) is 16.8. The number of carbonyl (C=O) groups is 1. The second kappa shape index (κ2) is 6.12. The maximum Gasteiger partial charge on any atom is 0.335 e. The summed E-state index contributed by atoms with van der Waals surface area (Å²) in [5.41, 5.74) is 4.02. The predicted molar refractivity (Wildman–Crippen MR) is 91.0 cm³/mol. The van der Waals surface area contributed by atoms with E-state index in [2.05, 4.69) is 10.1 Å². The quantitative estimate of drug-likeness (QED) is 0.761. The van der Waals surface area contributed by atoms with Gasteiger partial charge < -0.3 is 9.63 Å². The van der Waals surface area contributed by atoms with E-state index in [-0.39, 0.29) is 22.8 Å². The molecule has 0 amide bonds. The summed E-state index contributed by atoms with van der Waals surface area (Å²) >= 11 is 0. The lowest BCUT2D eigenvalue weighted by atomic mass is 9.97. The highest BCUT2D eigenvalue weighted by molar-refractivity contribution is 5.92. The van der Waals surface area contributed by atoms with Crippen molar-refractivity contribution in [3.63, 3.8) is 0 Å². The molecular weight excluding hydrogens is 323 g/mol. The molecule has 0 aliphatic carbocycles. The van der Waals surface area contributed by atoms with Gasteiger partial charge >= 0.3 is 5.97 Å². The first-order chi connectivity index (χ1) is 11.8. The number of nitrogens with zero attached hydrogens (tertiary/aromatic N) is 2. The normalized spacial score (nSPS) is 10.9. The lowest BCUT2D eigenvalue weighted by molar-refractivity contribution is 0.0696. The molecule has 0 radical (unpaired) electrons. The first-order valence-electron chi connectivity index (χ1n) is 7.75. The van der Waals surface area contributed by atoms with Crippen molar-refractivity contribution in [1.29, 1.82) is 0 Å². The van der Waals surface area contributed by atoms with Crippen LogP contribution in [0.3, 0.4) is 0 Å². The number of benzene rings is 2. The summed E-state index contributed by atoms with van der Waals surface area (Å²) in [4.78, 5) is 15.7. The van der Waals surface area contributed by atoms with Crippen LogP contribution in [0, 0.1) is 33.5 Å². The summed E-state index contributed by atoms with van der Waals surface area (Å²) < 4.78 is 19.5. The average Bonchev–Trinajstić information content (AvgIpc) is 3.00. The summed E-state index contributed by atoms with van der Waals surface area (Å²) in [7, 11) is 0. The highest BCUT2D eigenvalue weighted by Gasteiger charge is 2.21. The van der Waals surface area contributed by atoms with E-state index in [0.717, 1.165) is 16.7 Å². The van der Waals surface area contributed by atoms with Crippen molar-refractivity contribution in [1.82, 2.24) is 10.1 Å². The minimum absolute atomic E-state index is 0.0771. The van der Waals surface area contributed by atoms with Crippen LogP contribution in [-0.2, 0) is 0 Å². The van der Waals surface area contributed by atoms with Gasteiger partial charge in [0.25, 0.3) is 5.89 Å². The van der Waals surface area contributed by atoms with Gasteiger partial charge in [-0.2, -0.15) is 4.98 Å². The van der Waals surface area contributed by atoms with Crippen molar-refractivity contribution in [2.45, 2.75) is 27.7 Å². The van der Waals surface area contributed by atoms with Crippen LogP contribution in [0.15, 0.2) is 28.8 Å². The first-order valence-corrected chi connectivity index (χ1v) is 7.75. The standard InChI is InChI=1S/C19H17FN2O3/c1-9-6-8-14(20)16(11(9)3)18-21-17(22-25-18)15-10(2)5-7-13(12(15)4)19(23)24/h5-8H,1-4H3,(H,23,24).